The van der Waals surface area contributed by atoms with Crippen molar-refractivity contribution in [3.63, 3.8) is 0 Å². The van der Waals surface area contributed by atoms with Crippen LogP contribution in [0.1, 0.15) is 0 Å². The number of nitrogens with zero attached hydrogens (tertiary/aromatic N) is 3. The van der Waals surface area contributed by atoms with Crippen molar-refractivity contribution in [2.75, 3.05) is 13.6 Å². The normalized spacial score (nSPS) is 10.1. The smallest absolute Gasteiger partial charge is 0.342 e. The fourth-order valence-electron chi connectivity index (χ4n) is 0.870. The molecule has 0 radical (unpaired) electrons. The lowest BCUT2D eigenvalue weighted by atomic mass is 10.6. The summed E-state index contributed by atoms with van der Waals surface area (Å²) in [7, 11) is 1.79. The second-order valence-corrected chi connectivity index (χ2v) is 2.31. The van der Waals surface area contributed by atoms with Crippen LogP contribution in [0.4, 0.5) is 5.82 Å². The SMILES string of the molecule is CNCCn1cncc1[N+](=O)[O-]. The monoisotopic (exact) mass is 170 g/mol. The number of likely N-dealkylation sites (N-methyl/N-ethyl adjacent to an activating group) is 1. The molecule has 0 bridgehead atoms. The van der Waals surface area contributed by atoms with E-state index in [0.29, 0.717) is 13.1 Å². The lowest BCUT2D eigenvalue weighted by molar-refractivity contribution is -0.392. The van der Waals surface area contributed by atoms with Crippen LogP contribution in [0.2, 0.25) is 0 Å². The van der Waals surface area contributed by atoms with Crippen molar-refractivity contribution in [2.24, 2.45) is 0 Å². The Balaban J connectivity index is 2.70. The second kappa shape index (κ2) is 3.82. The summed E-state index contributed by atoms with van der Waals surface area (Å²) in [5.74, 6) is 0.0326. The van der Waals surface area contributed by atoms with E-state index >= 15 is 0 Å². The first kappa shape index (κ1) is 8.66. The molecule has 0 saturated carbocycles. The fourth-order valence-corrected chi connectivity index (χ4v) is 0.870. The van der Waals surface area contributed by atoms with E-state index in [1.165, 1.54) is 17.1 Å². The van der Waals surface area contributed by atoms with Crippen molar-refractivity contribution in [1.82, 2.24) is 14.9 Å². The topological polar surface area (TPSA) is 73.0 Å². The average molecular weight is 170 g/mol. The van der Waals surface area contributed by atoms with E-state index in [-0.39, 0.29) is 5.82 Å². The number of rotatable bonds is 4. The molecule has 0 fully saturated rings. The number of nitrogens with one attached hydrogen (secondary N) is 1. The third-order valence-corrected chi connectivity index (χ3v) is 1.48. The van der Waals surface area contributed by atoms with Gasteiger partial charge in [-0.25, -0.2) is 9.55 Å². The summed E-state index contributed by atoms with van der Waals surface area (Å²) in [6.07, 6.45) is 2.70. The van der Waals surface area contributed by atoms with E-state index in [1.807, 2.05) is 0 Å². The zero-order chi connectivity index (χ0) is 8.97. The largest absolute Gasteiger partial charge is 0.358 e. The van der Waals surface area contributed by atoms with Crippen LogP contribution < -0.4 is 5.32 Å². The molecule has 6 heteroatoms. The number of imidazole rings is 1. The molecule has 0 unspecified atom stereocenters. The van der Waals surface area contributed by atoms with E-state index in [4.69, 9.17) is 0 Å². The van der Waals surface area contributed by atoms with Crippen molar-refractivity contribution < 1.29 is 4.92 Å². The Morgan fingerprint density at radius 3 is 3.17 bits per heavy atom. The van der Waals surface area contributed by atoms with Crippen LogP contribution in [0.15, 0.2) is 12.5 Å². The maximum absolute atomic E-state index is 10.4. The van der Waals surface area contributed by atoms with Crippen LogP contribution in [0.25, 0.3) is 0 Å². The summed E-state index contributed by atoms with van der Waals surface area (Å²) >= 11 is 0. The Hall–Kier alpha value is -1.43. The molecule has 0 saturated heterocycles. The summed E-state index contributed by atoms with van der Waals surface area (Å²) in [4.78, 5) is 13.6. The number of nitro groups is 1. The highest BCUT2D eigenvalue weighted by Crippen LogP contribution is 2.07. The number of hydrogen-bond acceptors (Lipinski definition) is 4. The summed E-state index contributed by atoms with van der Waals surface area (Å²) in [5, 5.41) is 13.3. The molecule has 0 spiro atoms. The maximum atomic E-state index is 10.4. The van der Waals surface area contributed by atoms with Gasteiger partial charge < -0.3 is 15.4 Å². The molecular weight excluding hydrogens is 160 g/mol. The Bertz CT molecular complexity index is 270. The molecule has 0 aliphatic carbocycles. The van der Waals surface area contributed by atoms with Crippen molar-refractivity contribution >= 4 is 5.82 Å². The van der Waals surface area contributed by atoms with Crippen LogP contribution in [-0.2, 0) is 6.54 Å². The molecular formula is C6H10N4O2. The molecule has 1 N–H and O–H groups in total. The summed E-state index contributed by atoms with van der Waals surface area (Å²) in [6, 6.07) is 0. The highest BCUT2D eigenvalue weighted by atomic mass is 16.6. The van der Waals surface area contributed by atoms with Gasteiger partial charge in [-0.1, -0.05) is 0 Å². The minimum atomic E-state index is -0.442. The molecule has 0 aliphatic rings. The zero-order valence-corrected chi connectivity index (χ0v) is 6.73. The van der Waals surface area contributed by atoms with E-state index in [1.54, 1.807) is 7.05 Å². The molecule has 1 heterocycles. The van der Waals surface area contributed by atoms with Gasteiger partial charge in [0, 0.05) is 6.54 Å². The van der Waals surface area contributed by atoms with Crippen LogP contribution in [0.5, 0.6) is 0 Å². The van der Waals surface area contributed by atoms with Gasteiger partial charge in [-0.15, -0.1) is 0 Å². The van der Waals surface area contributed by atoms with Crippen molar-refractivity contribution in [2.45, 2.75) is 6.54 Å². The van der Waals surface area contributed by atoms with Crippen LogP contribution in [-0.4, -0.2) is 28.1 Å². The van der Waals surface area contributed by atoms with Crippen molar-refractivity contribution in [3.8, 4) is 0 Å². The van der Waals surface area contributed by atoms with Gasteiger partial charge in [-0.2, -0.15) is 0 Å². The minimum absolute atomic E-state index is 0.0326. The Labute approximate surface area is 69.4 Å². The van der Waals surface area contributed by atoms with Crippen LogP contribution >= 0.6 is 0 Å². The quantitative estimate of drug-likeness (QED) is 0.510. The molecule has 0 aliphatic heterocycles. The van der Waals surface area contributed by atoms with Gasteiger partial charge in [-0.3, -0.25) is 0 Å². The Morgan fingerprint density at radius 1 is 1.83 bits per heavy atom. The number of hydrogen-bond donors (Lipinski definition) is 1. The van der Waals surface area contributed by atoms with Gasteiger partial charge in [0.2, 0.25) is 0 Å². The molecule has 0 atom stereocenters. The van der Waals surface area contributed by atoms with E-state index in [0.717, 1.165) is 0 Å². The van der Waals surface area contributed by atoms with Gasteiger partial charge in [0.1, 0.15) is 12.7 Å². The van der Waals surface area contributed by atoms with Gasteiger partial charge in [0.25, 0.3) is 0 Å². The van der Waals surface area contributed by atoms with E-state index in [2.05, 4.69) is 10.3 Å². The van der Waals surface area contributed by atoms with Gasteiger partial charge in [0.15, 0.2) is 6.33 Å². The minimum Gasteiger partial charge on any atom is -0.358 e. The molecule has 1 aromatic heterocycles. The first-order chi connectivity index (χ1) is 5.75. The van der Waals surface area contributed by atoms with Gasteiger partial charge in [-0.05, 0) is 12.0 Å². The molecule has 1 aromatic rings. The highest BCUT2D eigenvalue weighted by molar-refractivity contribution is 5.14. The fraction of sp³-hybridized carbons (Fsp3) is 0.500. The molecule has 1 rings (SSSR count). The second-order valence-electron chi connectivity index (χ2n) is 2.31. The Morgan fingerprint density at radius 2 is 2.58 bits per heavy atom. The van der Waals surface area contributed by atoms with E-state index < -0.39 is 4.92 Å². The average Bonchev–Trinajstić information content (AvgIpc) is 2.48. The van der Waals surface area contributed by atoms with Crippen LogP contribution in [0, 0.1) is 10.1 Å². The third-order valence-electron chi connectivity index (χ3n) is 1.48. The predicted molar refractivity (Wildman–Crippen MR) is 42.8 cm³/mol. The number of aromatic nitrogens is 2. The van der Waals surface area contributed by atoms with E-state index in [9.17, 15) is 10.1 Å². The zero-order valence-electron chi connectivity index (χ0n) is 6.73. The Kier molecular flexibility index (Phi) is 2.76. The summed E-state index contributed by atoms with van der Waals surface area (Å²) in [6.45, 7) is 1.25. The standard InChI is InChI=1S/C6H10N4O2/c1-7-2-3-9-5-8-4-6(9)10(11)12/h4-5,7H,2-3H2,1H3. The van der Waals surface area contributed by atoms with Crippen LogP contribution in [0.3, 0.4) is 0 Å². The third kappa shape index (κ3) is 1.79. The van der Waals surface area contributed by atoms with Crippen molar-refractivity contribution in [3.05, 3.63) is 22.6 Å². The molecule has 6 nitrogen and oxygen atoms in total. The summed E-state index contributed by atoms with van der Waals surface area (Å²) in [5.41, 5.74) is 0. The van der Waals surface area contributed by atoms with Crippen molar-refractivity contribution in [1.29, 1.82) is 0 Å². The van der Waals surface area contributed by atoms with Gasteiger partial charge >= 0.3 is 5.82 Å². The summed E-state index contributed by atoms with van der Waals surface area (Å²) < 4.78 is 1.50. The lowest BCUT2D eigenvalue weighted by Gasteiger charge is -1.98. The maximum Gasteiger partial charge on any atom is 0.342 e. The first-order valence-corrected chi connectivity index (χ1v) is 3.55. The predicted octanol–water partition coefficient (Wildman–Crippen LogP) is 0.0107. The lowest BCUT2D eigenvalue weighted by Crippen LogP contribution is -2.15. The highest BCUT2D eigenvalue weighted by Gasteiger charge is 2.10. The first-order valence-electron chi connectivity index (χ1n) is 3.55. The molecule has 66 valence electrons. The molecule has 0 aromatic carbocycles. The molecule has 0 amide bonds. The molecule has 12 heavy (non-hydrogen) atoms. The van der Waals surface area contributed by atoms with Gasteiger partial charge in [0.05, 0.1) is 0 Å².